The van der Waals surface area contributed by atoms with Gasteiger partial charge in [0, 0.05) is 11.6 Å². The fourth-order valence-electron chi connectivity index (χ4n) is 1.03. The molecule has 0 aliphatic heterocycles. The SMILES string of the molecule is CCCCOc1cc(C(Cl)(Cl)Cl)cc(Cl)n1. The van der Waals surface area contributed by atoms with Crippen LogP contribution < -0.4 is 4.74 Å². The summed E-state index contributed by atoms with van der Waals surface area (Å²) in [5.41, 5.74) is 0.448. The molecule has 0 unspecified atom stereocenters. The van der Waals surface area contributed by atoms with Gasteiger partial charge in [-0.25, -0.2) is 4.98 Å². The third-order valence-electron chi connectivity index (χ3n) is 1.85. The van der Waals surface area contributed by atoms with Crippen LogP contribution in [0.15, 0.2) is 12.1 Å². The molecule has 0 bridgehead atoms. The average molecular weight is 303 g/mol. The zero-order valence-electron chi connectivity index (χ0n) is 8.64. The topological polar surface area (TPSA) is 22.1 Å². The monoisotopic (exact) mass is 301 g/mol. The Labute approximate surface area is 115 Å². The summed E-state index contributed by atoms with van der Waals surface area (Å²) in [5, 5.41) is 0.246. The van der Waals surface area contributed by atoms with E-state index in [9.17, 15) is 0 Å². The van der Waals surface area contributed by atoms with Crippen LogP contribution in [-0.4, -0.2) is 11.6 Å². The Kier molecular flexibility index (Phi) is 5.45. The molecular formula is C10H11Cl4NO. The van der Waals surface area contributed by atoms with Crippen LogP contribution in [0.3, 0.4) is 0 Å². The standard InChI is InChI=1S/C10H11Cl4NO/c1-2-3-4-16-9-6-7(10(12,13)14)5-8(11)15-9/h5-6H,2-4H2,1H3. The van der Waals surface area contributed by atoms with E-state index < -0.39 is 3.79 Å². The van der Waals surface area contributed by atoms with E-state index in [4.69, 9.17) is 51.1 Å². The number of rotatable bonds is 4. The maximum Gasteiger partial charge on any atom is 0.216 e. The third kappa shape index (κ3) is 4.54. The van der Waals surface area contributed by atoms with Crippen molar-refractivity contribution in [2.45, 2.75) is 23.6 Å². The molecule has 0 atom stereocenters. The lowest BCUT2D eigenvalue weighted by Gasteiger charge is -2.13. The third-order valence-corrected chi connectivity index (χ3v) is 2.69. The summed E-state index contributed by atoms with van der Waals surface area (Å²) in [5.74, 6) is 0.377. The number of hydrogen-bond acceptors (Lipinski definition) is 2. The van der Waals surface area contributed by atoms with E-state index in [1.165, 1.54) is 6.07 Å². The highest BCUT2D eigenvalue weighted by Gasteiger charge is 2.24. The second-order valence-corrected chi connectivity index (χ2v) is 5.89. The molecule has 1 heterocycles. The van der Waals surface area contributed by atoms with Gasteiger partial charge >= 0.3 is 0 Å². The van der Waals surface area contributed by atoms with Gasteiger partial charge in [-0.3, -0.25) is 0 Å². The van der Waals surface area contributed by atoms with Crippen molar-refractivity contribution in [1.82, 2.24) is 4.98 Å². The van der Waals surface area contributed by atoms with Gasteiger partial charge < -0.3 is 4.74 Å². The molecule has 2 nitrogen and oxygen atoms in total. The zero-order valence-corrected chi connectivity index (χ0v) is 11.7. The van der Waals surface area contributed by atoms with Crippen LogP contribution in [0.5, 0.6) is 5.88 Å². The van der Waals surface area contributed by atoms with Crippen LogP contribution >= 0.6 is 46.4 Å². The fraction of sp³-hybridized carbons (Fsp3) is 0.500. The van der Waals surface area contributed by atoms with Gasteiger partial charge in [0.05, 0.1) is 6.61 Å². The summed E-state index contributed by atoms with van der Waals surface area (Å²) in [7, 11) is 0. The second kappa shape index (κ2) is 6.15. The Balaban J connectivity index is 2.82. The molecule has 0 N–H and O–H groups in total. The van der Waals surface area contributed by atoms with Gasteiger partial charge in [-0.1, -0.05) is 59.7 Å². The van der Waals surface area contributed by atoms with Crippen molar-refractivity contribution in [1.29, 1.82) is 0 Å². The van der Waals surface area contributed by atoms with Crippen molar-refractivity contribution >= 4 is 46.4 Å². The highest BCUT2D eigenvalue weighted by atomic mass is 35.6. The maximum absolute atomic E-state index is 5.80. The molecular weight excluding hydrogens is 292 g/mol. The van der Waals surface area contributed by atoms with Gasteiger partial charge in [-0.15, -0.1) is 0 Å². The van der Waals surface area contributed by atoms with Crippen molar-refractivity contribution in [2.24, 2.45) is 0 Å². The van der Waals surface area contributed by atoms with Crippen molar-refractivity contribution in [3.05, 3.63) is 22.8 Å². The first-order chi connectivity index (χ1) is 7.43. The average Bonchev–Trinajstić information content (AvgIpc) is 2.16. The highest BCUT2D eigenvalue weighted by molar-refractivity contribution is 6.66. The summed E-state index contributed by atoms with van der Waals surface area (Å²) >= 11 is 23.1. The zero-order chi connectivity index (χ0) is 12.2. The Morgan fingerprint density at radius 1 is 1.31 bits per heavy atom. The lowest BCUT2D eigenvalue weighted by Crippen LogP contribution is -2.04. The summed E-state index contributed by atoms with van der Waals surface area (Å²) in [6.07, 6.45) is 1.98. The van der Waals surface area contributed by atoms with Gasteiger partial charge in [0.25, 0.3) is 0 Å². The quantitative estimate of drug-likeness (QED) is 0.455. The lowest BCUT2D eigenvalue weighted by atomic mass is 10.3. The molecule has 0 aromatic carbocycles. The van der Waals surface area contributed by atoms with Crippen LogP contribution in [0.4, 0.5) is 0 Å². The van der Waals surface area contributed by atoms with E-state index in [0.29, 0.717) is 18.1 Å². The first-order valence-corrected chi connectivity index (χ1v) is 6.32. The summed E-state index contributed by atoms with van der Waals surface area (Å²) in [6, 6.07) is 3.08. The summed E-state index contributed by atoms with van der Waals surface area (Å²) < 4.78 is 3.87. The first-order valence-electron chi connectivity index (χ1n) is 4.81. The van der Waals surface area contributed by atoms with E-state index in [1.54, 1.807) is 6.07 Å². The molecule has 0 fully saturated rings. The molecule has 0 saturated heterocycles. The Bertz CT molecular complexity index is 351. The van der Waals surface area contributed by atoms with Gasteiger partial charge in [-0.2, -0.15) is 0 Å². The molecule has 0 amide bonds. The predicted octanol–water partition coefficient (Wildman–Crippen LogP) is 4.74. The normalized spacial score (nSPS) is 11.6. The van der Waals surface area contributed by atoms with E-state index >= 15 is 0 Å². The largest absolute Gasteiger partial charge is 0.478 e. The van der Waals surface area contributed by atoms with Gasteiger partial charge in [0.2, 0.25) is 9.67 Å². The Hall–Kier alpha value is 0.110. The highest BCUT2D eigenvalue weighted by Crippen LogP contribution is 2.39. The molecule has 1 aromatic heterocycles. The molecule has 0 radical (unpaired) electrons. The first kappa shape index (κ1) is 14.2. The van der Waals surface area contributed by atoms with Crippen LogP contribution in [0.25, 0.3) is 0 Å². The number of hydrogen-bond donors (Lipinski definition) is 0. The van der Waals surface area contributed by atoms with Crippen molar-refractivity contribution < 1.29 is 4.74 Å². The molecule has 6 heteroatoms. The molecule has 16 heavy (non-hydrogen) atoms. The Morgan fingerprint density at radius 2 is 2.00 bits per heavy atom. The minimum absolute atomic E-state index is 0.246. The summed E-state index contributed by atoms with van der Waals surface area (Å²) in [6.45, 7) is 2.64. The molecule has 0 aliphatic rings. The molecule has 0 spiro atoms. The minimum Gasteiger partial charge on any atom is -0.478 e. The molecule has 0 saturated carbocycles. The van der Waals surface area contributed by atoms with Crippen LogP contribution in [0.1, 0.15) is 25.3 Å². The number of halogens is 4. The molecule has 0 aliphatic carbocycles. The molecule has 90 valence electrons. The van der Waals surface area contributed by atoms with Crippen LogP contribution in [-0.2, 0) is 3.79 Å². The van der Waals surface area contributed by atoms with Crippen molar-refractivity contribution in [3.63, 3.8) is 0 Å². The molecule has 1 rings (SSSR count). The van der Waals surface area contributed by atoms with Gasteiger partial charge in [-0.05, 0) is 12.5 Å². The molecule has 1 aromatic rings. The van der Waals surface area contributed by atoms with E-state index in [1.807, 2.05) is 0 Å². The fourth-order valence-corrected chi connectivity index (χ4v) is 1.56. The van der Waals surface area contributed by atoms with E-state index in [0.717, 1.165) is 12.8 Å². The second-order valence-electron chi connectivity index (χ2n) is 3.22. The van der Waals surface area contributed by atoms with Crippen molar-refractivity contribution in [2.75, 3.05) is 6.61 Å². The number of pyridine rings is 1. The van der Waals surface area contributed by atoms with E-state index in [-0.39, 0.29) is 5.15 Å². The number of unbranched alkanes of at least 4 members (excludes halogenated alkanes) is 1. The van der Waals surface area contributed by atoms with Crippen LogP contribution in [0.2, 0.25) is 5.15 Å². The number of alkyl halides is 3. The van der Waals surface area contributed by atoms with Crippen molar-refractivity contribution in [3.8, 4) is 5.88 Å². The van der Waals surface area contributed by atoms with Gasteiger partial charge in [0.1, 0.15) is 5.15 Å². The maximum atomic E-state index is 5.80. The van der Waals surface area contributed by atoms with Gasteiger partial charge in [0.15, 0.2) is 0 Å². The predicted molar refractivity (Wildman–Crippen MR) is 68.9 cm³/mol. The minimum atomic E-state index is -1.52. The van der Waals surface area contributed by atoms with E-state index in [2.05, 4.69) is 11.9 Å². The smallest absolute Gasteiger partial charge is 0.216 e. The Morgan fingerprint density at radius 3 is 2.56 bits per heavy atom. The summed E-state index contributed by atoms with van der Waals surface area (Å²) in [4.78, 5) is 3.99. The number of aromatic nitrogens is 1. The number of ether oxygens (including phenoxy) is 1. The van der Waals surface area contributed by atoms with Crippen LogP contribution in [0, 0.1) is 0 Å². The number of nitrogens with zero attached hydrogens (tertiary/aromatic N) is 1. The lowest BCUT2D eigenvalue weighted by molar-refractivity contribution is 0.297.